The van der Waals surface area contributed by atoms with Gasteiger partial charge in [-0.3, -0.25) is 9.59 Å². The summed E-state index contributed by atoms with van der Waals surface area (Å²) in [6.07, 6.45) is 0. The van der Waals surface area contributed by atoms with E-state index in [0.29, 0.717) is 0 Å². The molecule has 2 unspecified atom stereocenters. The number of hydrogen-bond acceptors (Lipinski definition) is 6. The van der Waals surface area contributed by atoms with E-state index in [4.69, 9.17) is 0 Å². The topological polar surface area (TPSA) is 34.1 Å². The van der Waals surface area contributed by atoms with Gasteiger partial charge in [0, 0.05) is 0 Å². The van der Waals surface area contributed by atoms with Gasteiger partial charge in [0.2, 0.25) is 10.2 Å². The Morgan fingerprint density at radius 3 is 1.70 bits per heavy atom. The van der Waals surface area contributed by atoms with Crippen molar-refractivity contribution in [2.24, 2.45) is 0 Å². The summed E-state index contributed by atoms with van der Waals surface area (Å²) in [4.78, 5) is 21.9. The minimum atomic E-state index is -0.0625. The van der Waals surface area contributed by atoms with Gasteiger partial charge in [-0.1, -0.05) is 21.6 Å². The van der Waals surface area contributed by atoms with Gasteiger partial charge in [0.1, 0.15) is 10.5 Å². The summed E-state index contributed by atoms with van der Waals surface area (Å²) < 4.78 is 0. The maximum absolute atomic E-state index is 11.0. The van der Waals surface area contributed by atoms with Crippen molar-refractivity contribution < 1.29 is 9.59 Å². The summed E-state index contributed by atoms with van der Waals surface area (Å²) in [6.45, 7) is 0. The molecular formula is C4H2O2S4. The number of carbonyl (C=O) groups is 2. The van der Waals surface area contributed by atoms with Crippen molar-refractivity contribution in [2.75, 3.05) is 0 Å². The van der Waals surface area contributed by atoms with E-state index in [0.717, 1.165) is 0 Å². The average molecular weight is 210 g/mol. The van der Waals surface area contributed by atoms with Crippen LogP contribution in [0.2, 0.25) is 0 Å². The molecule has 2 saturated heterocycles. The summed E-state index contributed by atoms with van der Waals surface area (Å²) in [5.41, 5.74) is 0. The van der Waals surface area contributed by atoms with Crippen LogP contribution in [0.25, 0.3) is 0 Å². The van der Waals surface area contributed by atoms with Gasteiger partial charge in [0.25, 0.3) is 0 Å². The highest BCUT2D eigenvalue weighted by atomic mass is 33.1. The van der Waals surface area contributed by atoms with E-state index in [9.17, 15) is 9.59 Å². The van der Waals surface area contributed by atoms with Crippen LogP contribution in [0.15, 0.2) is 0 Å². The Bertz CT molecular complexity index is 181. The Kier molecular flexibility index (Phi) is 1.96. The number of hydrogen-bond donors (Lipinski definition) is 0. The standard InChI is InChI=1S/C4H2O2S4/c5-3-1-2(8-9-3)4(6)10-7-1/h1-2H. The van der Waals surface area contributed by atoms with Crippen molar-refractivity contribution in [2.45, 2.75) is 10.5 Å². The maximum atomic E-state index is 11.0. The fraction of sp³-hybridized carbons (Fsp3) is 0.500. The predicted octanol–water partition coefficient (Wildman–Crippen LogP) is 1.57. The average Bonchev–Trinajstić information content (AvgIpc) is 2.41. The SMILES string of the molecule is O=C1SSC2C(=O)SSC12. The van der Waals surface area contributed by atoms with Crippen molar-refractivity contribution in [3.8, 4) is 0 Å². The van der Waals surface area contributed by atoms with Crippen molar-refractivity contribution >= 4 is 53.4 Å². The molecular weight excluding hydrogens is 208 g/mol. The van der Waals surface area contributed by atoms with Gasteiger partial charge < -0.3 is 0 Å². The molecule has 0 amide bonds. The van der Waals surface area contributed by atoms with Crippen LogP contribution < -0.4 is 0 Å². The Balaban J connectivity index is 2.24. The monoisotopic (exact) mass is 210 g/mol. The molecule has 2 heterocycles. The maximum Gasteiger partial charge on any atom is 0.214 e. The van der Waals surface area contributed by atoms with Crippen molar-refractivity contribution in [3.05, 3.63) is 0 Å². The fourth-order valence-electron chi connectivity index (χ4n) is 0.720. The highest BCUT2D eigenvalue weighted by Crippen LogP contribution is 2.55. The Hall–Kier alpha value is 0.740. The summed E-state index contributed by atoms with van der Waals surface area (Å²) in [7, 11) is 5.24. The second-order valence-corrected chi connectivity index (χ2v) is 6.53. The second kappa shape index (κ2) is 2.66. The molecule has 0 aromatic heterocycles. The molecule has 0 spiro atoms. The van der Waals surface area contributed by atoms with Crippen LogP contribution in [0, 0.1) is 0 Å². The van der Waals surface area contributed by atoms with Gasteiger partial charge in [-0.2, -0.15) is 0 Å². The zero-order chi connectivity index (χ0) is 7.14. The van der Waals surface area contributed by atoms with Crippen molar-refractivity contribution in [1.29, 1.82) is 0 Å². The largest absolute Gasteiger partial charge is 0.285 e. The molecule has 2 nitrogen and oxygen atoms in total. The van der Waals surface area contributed by atoms with E-state index in [1.54, 1.807) is 0 Å². The van der Waals surface area contributed by atoms with E-state index in [2.05, 4.69) is 0 Å². The fourth-order valence-corrected chi connectivity index (χ4v) is 7.43. The van der Waals surface area contributed by atoms with Gasteiger partial charge in [0.05, 0.1) is 0 Å². The van der Waals surface area contributed by atoms with Gasteiger partial charge >= 0.3 is 0 Å². The van der Waals surface area contributed by atoms with Crippen LogP contribution >= 0.6 is 43.2 Å². The number of carbonyl (C=O) groups excluding carboxylic acids is 2. The molecule has 2 atom stereocenters. The summed E-state index contributed by atoms with van der Waals surface area (Å²) in [5.74, 6) is 0. The molecule has 0 N–H and O–H groups in total. The van der Waals surface area contributed by atoms with Crippen LogP contribution in [-0.4, -0.2) is 20.7 Å². The molecule has 2 aliphatic rings. The highest BCUT2D eigenvalue weighted by molar-refractivity contribution is 8.89. The lowest BCUT2D eigenvalue weighted by Gasteiger charge is -1.96. The lowest BCUT2D eigenvalue weighted by Crippen LogP contribution is -2.19. The predicted molar refractivity (Wildman–Crippen MR) is 48.0 cm³/mol. The molecule has 6 heteroatoms. The van der Waals surface area contributed by atoms with Crippen molar-refractivity contribution in [1.82, 2.24) is 0 Å². The van der Waals surface area contributed by atoms with Crippen LogP contribution in [-0.2, 0) is 9.59 Å². The minimum absolute atomic E-state index is 0.0625. The minimum Gasteiger partial charge on any atom is -0.285 e. The zero-order valence-electron chi connectivity index (χ0n) is 4.60. The molecule has 2 rings (SSSR count). The van der Waals surface area contributed by atoms with E-state index in [-0.39, 0.29) is 20.7 Å². The first-order chi connectivity index (χ1) is 4.79. The third-order valence-corrected chi connectivity index (χ3v) is 6.90. The molecule has 2 aliphatic heterocycles. The number of fused-ring (bicyclic) bond motifs is 1. The molecule has 0 bridgehead atoms. The van der Waals surface area contributed by atoms with Crippen LogP contribution in [0.5, 0.6) is 0 Å². The van der Waals surface area contributed by atoms with Crippen molar-refractivity contribution in [3.63, 3.8) is 0 Å². The molecule has 0 saturated carbocycles. The van der Waals surface area contributed by atoms with E-state index >= 15 is 0 Å². The molecule has 2 fully saturated rings. The normalized spacial score (nSPS) is 38.8. The smallest absolute Gasteiger partial charge is 0.214 e. The third-order valence-electron chi connectivity index (χ3n) is 1.21. The molecule has 0 aliphatic carbocycles. The molecule has 54 valence electrons. The molecule has 0 aromatic carbocycles. The Morgan fingerprint density at radius 1 is 0.900 bits per heavy atom. The quantitative estimate of drug-likeness (QED) is 0.565. The van der Waals surface area contributed by atoms with Gasteiger partial charge in [0.15, 0.2) is 0 Å². The van der Waals surface area contributed by atoms with Gasteiger partial charge in [-0.25, -0.2) is 0 Å². The lowest BCUT2D eigenvalue weighted by molar-refractivity contribution is -0.114. The molecule has 10 heavy (non-hydrogen) atoms. The highest BCUT2D eigenvalue weighted by Gasteiger charge is 2.47. The van der Waals surface area contributed by atoms with E-state index in [1.165, 1.54) is 43.2 Å². The Morgan fingerprint density at radius 2 is 1.30 bits per heavy atom. The van der Waals surface area contributed by atoms with Crippen LogP contribution in [0.1, 0.15) is 0 Å². The van der Waals surface area contributed by atoms with E-state index < -0.39 is 0 Å². The first kappa shape index (κ1) is 7.39. The van der Waals surface area contributed by atoms with Gasteiger partial charge in [-0.05, 0) is 21.6 Å². The number of rotatable bonds is 0. The van der Waals surface area contributed by atoms with E-state index in [1.807, 2.05) is 0 Å². The Labute approximate surface area is 73.4 Å². The first-order valence-corrected chi connectivity index (χ1v) is 6.96. The summed E-state index contributed by atoms with van der Waals surface area (Å²) in [5, 5.41) is 0.177. The van der Waals surface area contributed by atoms with Crippen LogP contribution in [0.3, 0.4) is 0 Å². The van der Waals surface area contributed by atoms with Crippen LogP contribution in [0.4, 0.5) is 0 Å². The zero-order valence-corrected chi connectivity index (χ0v) is 7.87. The molecule has 0 aromatic rings. The second-order valence-electron chi connectivity index (χ2n) is 1.84. The summed E-state index contributed by atoms with van der Waals surface area (Å²) >= 11 is 0. The summed E-state index contributed by atoms with van der Waals surface area (Å²) in [6, 6.07) is 0. The van der Waals surface area contributed by atoms with Gasteiger partial charge in [-0.15, -0.1) is 0 Å². The first-order valence-electron chi connectivity index (χ1n) is 2.53. The third kappa shape index (κ3) is 1.01. The molecule has 0 radical (unpaired) electrons. The lowest BCUT2D eigenvalue weighted by atomic mass is 10.3.